The van der Waals surface area contributed by atoms with Gasteiger partial charge in [-0.25, -0.2) is 4.39 Å². The minimum atomic E-state index is -0.727. The van der Waals surface area contributed by atoms with Crippen molar-refractivity contribution in [2.45, 2.75) is 6.92 Å². The zero-order valence-corrected chi connectivity index (χ0v) is 6.83. The molecular formula is C6H5BrFNO. The number of H-pyrrole nitrogens is 1. The monoisotopic (exact) mass is 205 g/mol. The van der Waals surface area contributed by atoms with Gasteiger partial charge < -0.3 is 4.98 Å². The van der Waals surface area contributed by atoms with Crippen LogP contribution in [0.3, 0.4) is 0 Å². The molecule has 0 saturated heterocycles. The molecule has 0 unspecified atom stereocenters. The molecule has 0 aliphatic carbocycles. The summed E-state index contributed by atoms with van der Waals surface area (Å²) in [4.78, 5) is 12.8. The van der Waals surface area contributed by atoms with Crippen LogP contribution in [0.25, 0.3) is 0 Å². The van der Waals surface area contributed by atoms with Gasteiger partial charge in [-0.2, -0.15) is 0 Å². The minimum absolute atomic E-state index is 0.337. The zero-order chi connectivity index (χ0) is 7.72. The highest BCUT2D eigenvalue weighted by Crippen LogP contribution is 2.13. The van der Waals surface area contributed by atoms with Crippen LogP contribution in [0.5, 0.6) is 0 Å². The van der Waals surface area contributed by atoms with Gasteiger partial charge in [-0.05, 0) is 22.9 Å². The quantitative estimate of drug-likeness (QED) is 0.686. The Hall–Kier alpha value is -0.640. The Morgan fingerprint density at radius 1 is 1.70 bits per heavy atom. The molecule has 0 aliphatic rings. The number of aromatic nitrogens is 1. The van der Waals surface area contributed by atoms with E-state index >= 15 is 0 Å². The number of hydrogen-bond donors (Lipinski definition) is 1. The number of hydrogen-bond acceptors (Lipinski definition) is 1. The predicted octanol–water partition coefficient (Wildman–Crippen LogP) is 1.58. The van der Waals surface area contributed by atoms with E-state index in [4.69, 9.17) is 0 Å². The normalized spacial score (nSPS) is 9.90. The van der Waals surface area contributed by atoms with E-state index in [1.807, 2.05) is 0 Å². The van der Waals surface area contributed by atoms with Gasteiger partial charge in [0, 0.05) is 16.2 Å². The summed E-state index contributed by atoms with van der Waals surface area (Å²) in [6.45, 7) is 1.54. The smallest absolute Gasteiger partial charge is 0.284 e. The Balaban J connectivity index is 3.49. The maximum atomic E-state index is 12.6. The van der Waals surface area contributed by atoms with Crippen LogP contribution in [-0.4, -0.2) is 4.98 Å². The standard InChI is InChI=1S/C6H5BrFNO/c1-3-4(7)2-9-6(10)5(3)8/h2H,1H3,(H,9,10). The maximum Gasteiger partial charge on any atom is 0.284 e. The molecule has 0 atom stereocenters. The molecule has 0 radical (unpaired) electrons. The highest BCUT2D eigenvalue weighted by Gasteiger charge is 2.04. The van der Waals surface area contributed by atoms with Crippen LogP contribution < -0.4 is 5.56 Å². The maximum absolute atomic E-state index is 12.6. The van der Waals surface area contributed by atoms with E-state index in [0.717, 1.165) is 0 Å². The highest BCUT2D eigenvalue weighted by molar-refractivity contribution is 9.10. The topological polar surface area (TPSA) is 32.9 Å². The molecule has 2 nitrogen and oxygen atoms in total. The lowest BCUT2D eigenvalue weighted by molar-refractivity contribution is 0.597. The van der Waals surface area contributed by atoms with Crippen LogP contribution in [0.1, 0.15) is 5.56 Å². The van der Waals surface area contributed by atoms with Gasteiger partial charge in [0.05, 0.1) is 0 Å². The Morgan fingerprint density at radius 2 is 2.30 bits per heavy atom. The highest BCUT2D eigenvalue weighted by atomic mass is 79.9. The van der Waals surface area contributed by atoms with Crippen molar-refractivity contribution in [1.29, 1.82) is 0 Å². The summed E-state index contributed by atoms with van der Waals surface area (Å²) < 4.78 is 13.2. The molecule has 1 aromatic rings. The van der Waals surface area contributed by atoms with E-state index in [0.29, 0.717) is 10.0 Å². The molecule has 1 aromatic heterocycles. The molecule has 0 spiro atoms. The van der Waals surface area contributed by atoms with Crippen LogP contribution in [0.15, 0.2) is 15.5 Å². The molecule has 4 heteroatoms. The summed E-state index contributed by atoms with van der Waals surface area (Å²) in [7, 11) is 0. The summed E-state index contributed by atoms with van der Waals surface area (Å²) in [5, 5.41) is 0. The first-order valence-electron chi connectivity index (χ1n) is 2.66. The molecule has 0 amide bonds. The van der Waals surface area contributed by atoms with Gasteiger partial charge in [0.2, 0.25) is 0 Å². The van der Waals surface area contributed by atoms with Crippen molar-refractivity contribution in [3.05, 3.63) is 32.4 Å². The average molecular weight is 206 g/mol. The predicted molar refractivity (Wildman–Crippen MR) is 39.5 cm³/mol. The largest absolute Gasteiger partial charge is 0.325 e. The number of pyridine rings is 1. The SMILES string of the molecule is Cc1c(Br)c[nH]c(=O)c1F. The summed E-state index contributed by atoms with van der Waals surface area (Å²) in [6.07, 6.45) is 1.42. The van der Waals surface area contributed by atoms with Crippen molar-refractivity contribution in [3.8, 4) is 0 Å². The van der Waals surface area contributed by atoms with Gasteiger partial charge in [-0.15, -0.1) is 0 Å². The summed E-state index contributed by atoms with van der Waals surface area (Å²) >= 11 is 3.07. The van der Waals surface area contributed by atoms with E-state index in [1.165, 1.54) is 13.1 Å². The van der Waals surface area contributed by atoms with Crippen LogP contribution in [0.4, 0.5) is 4.39 Å². The molecule has 1 N–H and O–H groups in total. The number of nitrogens with one attached hydrogen (secondary N) is 1. The molecular weight excluding hydrogens is 201 g/mol. The molecule has 0 aromatic carbocycles. The first-order valence-corrected chi connectivity index (χ1v) is 3.45. The second kappa shape index (κ2) is 2.54. The van der Waals surface area contributed by atoms with Crippen LogP contribution in [0, 0.1) is 12.7 Å². The van der Waals surface area contributed by atoms with Gasteiger partial charge in [-0.3, -0.25) is 4.79 Å². The third kappa shape index (κ3) is 1.11. The van der Waals surface area contributed by atoms with Crippen LogP contribution >= 0.6 is 15.9 Å². The van der Waals surface area contributed by atoms with Crippen molar-refractivity contribution in [2.75, 3.05) is 0 Å². The van der Waals surface area contributed by atoms with E-state index in [2.05, 4.69) is 20.9 Å². The molecule has 0 aliphatic heterocycles. The molecule has 54 valence electrons. The fourth-order valence-corrected chi connectivity index (χ4v) is 0.864. The molecule has 0 fully saturated rings. The lowest BCUT2D eigenvalue weighted by atomic mass is 10.3. The van der Waals surface area contributed by atoms with E-state index in [1.54, 1.807) is 0 Å². The minimum Gasteiger partial charge on any atom is -0.325 e. The van der Waals surface area contributed by atoms with Crippen molar-refractivity contribution in [3.63, 3.8) is 0 Å². The van der Waals surface area contributed by atoms with Gasteiger partial charge in [-0.1, -0.05) is 0 Å². The number of aromatic amines is 1. The fraction of sp³-hybridized carbons (Fsp3) is 0.167. The first kappa shape index (κ1) is 7.47. The Kier molecular flexibility index (Phi) is 1.89. The van der Waals surface area contributed by atoms with Gasteiger partial charge in [0.15, 0.2) is 5.82 Å². The molecule has 1 rings (SSSR count). The molecule has 10 heavy (non-hydrogen) atoms. The Labute approximate surface area is 65.2 Å². The van der Waals surface area contributed by atoms with E-state index in [-0.39, 0.29) is 0 Å². The third-order valence-electron chi connectivity index (χ3n) is 1.22. The van der Waals surface area contributed by atoms with Crippen molar-refractivity contribution >= 4 is 15.9 Å². The fourth-order valence-electron chi connectivity index (χ4n) is 0.576. The van der Waals surface area contributed by atoms with E-state index < -0.39 is 11.4 Å². The third-order valence-corrected chi connectivity index (χ3v) is 2.04. The van der Waals surface area contributed by atoms with Crippen molar-refractivity contribution in [1.82, 2.24) is 4.98 Å². The second-order valence-electron chi connectivity index (χ2n) is 1.90. The summed E-state index contributed by atoms with van der Waals surface area (Å²) in [5.74, 6) is -0.727. The lowest BCUT2D eigenvalue weighted by Gasteiger charge is -1.95. The van der Waals surface area contributed by atoms with Gasteiger partial charge in [0.1, 0.15) is 0 Å². The molecule has 1 heterocycles. The lowest BCUT2D eigenvalue weighted by Crippen LogP contribution is -2.11. The van der Waals surface area contributed by atoms with Crippen molar-refractivity contribution < 1.29 is 4.39 Å². The number of halogens is 2. The zero-order valence-electron chi connectivity index (χ0n) is 5.24. The van der Waals surface area contributed by atoms with Crippen LogP contribution in [0.2, 0.25) is 0 Å². The number of rotatable bonds is 0. The summed E-state index contributed by atoms with van der Waals surface area (Å²) in [6, 6.07) is 0. The summed E-state index contributed by atoms with van der Waals surface area (Å²) in [5.41, 5.74) is -0.343. The van der Waals surface area contributed by atoms with Gasteiger partial charge >= 0.3 is 0 Å². The van der Waals surface area contributed by atoms with Crippen LogP contribution in [-0.2, 0) is 0 Å². The average Bonchev–Trinajstić information content (AvgIpc) is 1.93. The van der Waals surface area contributed by atoms with Crippen molar-refractivity contribution in [2.24, 2.45) is 0 Å². The van der Waals surface area contributed by atoms with E-state index in [9.17, 15) is 9.18 Å². The van der Waals surface area contributed by atoms with Gasteiger partial charge in [0.25, 0.3) is 5.56 Å². The molecule has 0 bridgehead atoms. The Bertz CT molecular complexity index is 307. The molecule has 0 saturated carbocycles. The first-order chi connectivity index (χ1) is 4.63. The Morgan fingerprint density at radius 3 is 2.80 bits per heavy atom. The second-order valence-corrected chi connectivity index (χ2v) is 2.76.